The molecular formula is C9H16N2O3. The number of amides is 1. The average molecular weight is 200 g/mol. The van der Waals surface area contributed by atoms with Gasteiger partial charge >= 0.3 is 5.97 Å². The number of carbonyl (C=O) groups is 2. The molecule has 0 bridgehead atoms. The number of methoxy groups -OCH3 is 1. The summed E-state index contributed by atoms with van der Waals surface area (Å²) in [4.78, 5) is 24.4. The van der Waals surface area contributed by atoms with E-state index >= 15 is 0 Å². The zero-order valence-electron chi connectivity index (χ0n) is 8.36. The fourth-order valence-electron chi connectivity index (χ4n) is 1.71. The molecule has 0 aliphatic carbocycles. The summed E-state index contributed by atoms with van der Waals surface area (Å²) < 4.78 is 4.63. The number of hydrogen-bond acceptors (Lipinski definition) is 4. The fraction of sp³-hybridized carbons (Fsp3) is 0.778. The number of rotatable bonds is 3. The number of esters is 1. The van der Waals surface area contributed by atoms with E-state index in [1.165, 1.54) is 7.11 Å². The lowest BCUT2D eigenvalue weighted by molar-refractivity contribution is -0.150. The molecule has 1 fully saturated rings. The molecule has 1 atom stereocenters. The summed E-state index contributed by atoms with van der Waals surface area (Å²) >= 11 is 0. The predicted octanol–water partition coefficient (Wildman–Crippen LogP) is -0.501. The van der Waals surface area contributed by atoms with Crippen LogP contribution in [0.25, 0.3) is 0 Å². The Morgan fingerprint density at radius 2 is 2.29 bits per heavy atom. The largest absolute Gasteiger partial charge is 0.467 e. The van der Waals surface area contributed by atoms with Crippen molar-refractivity contribution in [3.05, 3.63) is 0 Å². The van der Waals surface area contributed by atoms with Crippen molar-refractivity contribution in [1.29, 1.82) is 0 Å². The van der Waals surface area contributed by atoms with Crippen LogP contribution in [0.4, 0.5) is 0 Å². The van der Waals surface area contributed by atoms with Crippen molar-refractivity contribution in [2.75, 3.05) is 20.2 Å². The molecule has 5 heteroatoms. The number of hydrogen-bond donors (Lipinski definition) is 1. The first-order valence-corrected chi connectivity index (χ1v) is 4.78. The Morgan fingerprint density at radius 1 is 1.57 bits per heavy atom. The minimum absolute atomic E-state index is 0.0552. The lowest BCUT2D eigenvalue weighted by atomic mass is 10.2. The lowest BCUT2D eigenvalue weighted by Crippen LogP contribution is -2.41. The monoisotopic (exact) mass is 200 g/mol. The third kappa shape index (κ3) is 2.23. The highest BCUT2D eigenvalue weighted by atomic mass is 16.5. The van der Waals surface area contributed by atoms with E-state index in [1.807, 2.05) is 0 Å². The van der Waals surface area contributed by atoms with Crippen LogP contribution in [0.15, 0.2) is 0 Å². The molecule has 2 N–H and O–H groups in total. The standard InChI is InChI=1S/C9H16N2O3/c1-14-9(13)7-3-2-6-11(7)8(12)4-5-10/h7H,2-6,10H2,1H3/t7-/m0/s1. The van der Waals surface area contributed by atoms with Crippen molar-refractivity contribution in [2.45, 2.75) is 25.3 Å². The molecule has 1 heterocycles. The van der Waals surface area contributed by atoms with Crippen LogP contribution in [0, 0.1) is 0 Å². The minimum atomic E-state index is -0.390. The van der Waals surface area contributed by atoms with Gasteiger partial charge in [-0.1, -0.05) is 0 Å². The zero-order valence-corrected chi connectivity index (χ0v) is 8.36. The van der Waals surface area contributed by atoms with Crippen LogP contribution in [0.5, 0.6) is 0 Å². The molecule has 0 aromatic rings. The fourth-order valence-corrected chi connectivity index (χ4v) is 1.71. The molecule has 1 amide bonds. The minimum Gasteiger partial charge on any atom is -0.467 e. The quantitative estimate of drug-likeness (QED) is 0.623. The number of likely N-dealkylation sites (tertiary alicyclic amines) is 1. The molecule has 1 rings (SSSR count). The van der Waals surface area contributed by atoms with Gasteiger partial charge in [0.2, 0.25) is 5.91 Å². The maximum Gasteiger partial charge on any atom is 0.328 e. The predicted molar refractivity (Wildman–Crippen MR) is 50.4 cm³/mol. The molecule has 0 spiro atoms. The van der Waals surface area contributed by atoms with Gasteiger partial charge < -0.3 is 15.4 Å². The van der Waals surface area contributed by atoms with E-state index in [9.17, 15) is 9.59 Å². The van der Waals surface area contributed by atoms with Gasteiger partial charge in [-0.05, 0) is 12.8 Å². The van der Waals surface area contributed by atoms with Crippen LogP contribution in [0.3, 0.4) is 0 Å². The van der Waals surface area contributed by atoms with E-state index in [0.29, 0.717) is 25.9 Å². The molecule has 80 valence electrons. The number of nitrogens with zero attached hydrogens (tertiary/aromatic N) is 1. The van der Waals surface area contributed by atoms with Gasteiger partial charge in [0.05, 0.1) is 7.11 Å². The summed E-state index contributed by atoms with van der Waals surface area (Å²) in [5.74, 6) is -0.381. The highest BCUT2D eigenvalue weighted by Gasteiger charge is 2.34. The Balaban J connectivity index is 2.59. The highest BCUT2D eigenvalue weighted by molar-refractivity contribution is 5.85. The van der Waals surface area contributed by atoms with E-state index in [2.05, 4.69) is 4.74 Å². The first-order chi connectivity index (χ1) is 6.70. The summed E-state index contributed by atoms with van der Waals surface area (Å²) in [6, 6.07) is -0.390. The van der Waals surface area contributed by atoms with Crippen LogP contribution < -0.4 is 5.73 Å². The summed E-state index contributed by atoms with van der Waals surface area (Å²) in [5, 5.41) is 0. The first kappa shape index (κ1) is 11.0. The highest BCUT2D eigenvalue weighted by Crippen LogP contribution is 2.18. The van der Waals surface area contributed by atoms with Gasteiger partial charge in [-0.15, -0.1) is 0 Å². The third-order valence-corrected chi connectivity index (χ3v) is 2.40. The Kier molecular flexibility index (Phi) is 3.88. The van der Waals surface area contributed by atoms with E-state index in [4.69, 9.17) is 5.73 Å². The van der Waals surface area contributed by atoms with Crippen LogP contribution in [-0.4, -0.2) is 43.0 Å². The first-order valence-electron chi connectivity index (χ1n) is 4.78. The molecule has 14 heavy (non-hydrogen) atoms. The summed E-state index contributed by atoms with van der Waals surface area (Å²) in [6.07, 6.45) is 1.85. The van der Waals surface area contributed by atoms with Crippen LogP contribution in [-0.2, 0) is 14.3 Å². The van der Waals surface area contributed by atoms with Crippen LogP contribution >= 0.6 is 0 Å². The van der Waals surface area contributed by atoms with Crippen molar-refractivity contribution in [1.82, 2.24) is 4.90 Å². The number of carbonyl (C=O) groups excluding carboxylic acids is 2. The van der Waals surface area contributed by atoms with Crippen molar-refractivity contribution in [3.8, 4) is 0 Å². The SMILES string of the molecule is COC(=O)[C@@H]1CCCN1C(=O)CCN. The van der Waals surface area contributed by atoms with E-state index in [-0.39, 0.29) is 17.9 Å². The molecule has 0 aromatic carbocycles. The lowest BCUT2D eigenvalue weighted by Gasteiger charge is -2.22. The molecule has 5 nitrogen and oxygen atoms in total. The molecule has 0 aromatic heterocycles. The molecule has 0 radical (unpaired) electrons. The van der Waals surface area contributed by atoms with Gasteiger partial charge in [0.25, 0.3) is 0 Å². The molecular weight excluding hydrogens is 184 g/mol. The molecule has 0 unspecified atom stereocenters. The maximum atomic E-state index is 11.5. The van der Waals surface area contributed by atoms with E-state index in [1.54, 1.807) is 4.90 Å². The maximum absolute atomic E-state index is 11.5. The van der Waals surface area contributed by atoms with Gasteiger partial charge in [0.15, 0.2) is 0 Å². The second kappa shape index (κ2) is 4.95. The number of nitrogens with two attached hydrogens (primary N) is 1. The van der Waals surface area contributed by atoms with Crippen molar-refractivity contribution < 1.29 is 14.3 Å². The zero-order chi connectivity index (χ0) is 10.6. The third-order valence-electron chi connectivity index (χ3n) is 2.40. The van der Waals surface area contributed by atoms with Gasteiger partial charge in [-0.25, -0.2) is 4.79 Å². The van der Waals surface area contributed by atoms with E-state index < -0.39 is 0 Å². The molecule has 1 aliphatic rings. The second-order valence-electron chi connectivity index (χ2n) is 3.31. The Bertz CT molecular complexity index is 230. The smallest absolute Gasteiger partial charge is 0.328 e. The average Bonchev–Trinajstić information content (AvgIpc) is 2.65. The van der Waals surface area contributed by atoms with Crippen molar-refractivity contribution in [2.24, 2.45) is 5.73 Å². The van der Waals surface area contributed by atoms with Gasteiger partial charge in [-0.2, -0.15) is 0 Å². The summed E-state index contributed by atoms with van der Waals surface area (Å²) in [7, 11) is 1.34. The summed E-state index contributed by atoms with van der Waals surface area (Å²) in [5.41, 5.74) is 5.29. The van der Waals surface area contributed by atoms with Crippen molar-refractivity contribution in [3.63, 3.8) is 0 Å². The Hall–Kier alpha value is -1.10. The van der Waals surface area contributed by atoms with Crippen molar-refractivity contribution >= 4 is 11.9 Å². The summed E-state index contributed by atoms with van der Waals surface area (Å²) in [6.45, 7) is 0.960. The molecule has 0 saturated carbocycles. The number of ether oxygens (including phenoxy) is 1. The van der Waals surface area contributed by atoms with Crippen LogP contribution in [0.1, 0.15) is 19.3 Å². The Morgan fingerprint density at radius 3 is 2.86 bits per heavy atom. The molecule has 1 saturated heterocycles. The second-order valence-corrected chi connectivity index (χ2v) is 3.31. The topological polar surface area (TPSA) is 72.6 Å². The normalized spacial score (nSPS) is 21.0. The molecule has 1 aliphatic heterocycles. The van der Waals surface area contributed by atoms with Crippen LogP contribution in [0.2, 0.25) is 0 Å². The van der Waals surface area contributed by atoms with E-state index in [0.717, 1.165) is 6.42 Å². The van der Waals surface area contributed by atoms with Gasteiger partial charge in [-0.3, -0.25) is 4.79 Å². The van der Waals surface area contributed by atoms with Gasteiger partial charge in [0, 0.05) is 19.5 Å². The Labute approximate surface area is 83.2 Å². The van der Waals surface area contributed by atoms with Gasteiger partial charge in [0.1, 0.15) is 6.04 Å².